The number of aliphatic hydroxyl groups excluding tert-OH is 2. The van der Waals surface area contributed by atoms with E-state index in [1.54, 1.807) is 18.9 Å². The van der Waals surface area contributed by atoms with Gasteiger partial charge in [0.2, 0.25) is 5.91 Å². The zero-order valence-electron chi connectivity index (χ0n) is 13.0. The van der Waals surface area contributed by atoms with E-state index in [0.29, 0.717) is 12.5 Å². The Balaban J connectivity index is 1.98. The van der Waals surface area contributed by atoms with Crippen molar-refractivity contribution in [3.8, 4) is 0 Å². The largest absolute Gasteiger partial charge is 0.396 e. The van der Waals surface area contributed by atoms with Gasteiger partial charge < -0.3 is 15.1 Å². The molecule has 1 aromatic rings. The first-order valence-corrected chi connectivity index (χ1v) is 7.44. The van der Waals surface area contributed by atoms with Crippen LogP contribution >= 0.6 is 0 Å². The van der Waals surface area contributed by atoms with E-state index in [9.17, 15) is 15.0 Å². The average molecular weight is 291 g/mol. The van der Waals surface area contributed by atoms with Gasteiger partial charge in [-0.15, -0.1) is 0 Å². The van der Waals surface area contributed by atoms with E-state index >= 15 is 0 Å². The molecule has 0 aromatic heterocycles. The van der Waals surface area contributed by atoms with Gasteiger partial charge in [-0.1, -0.05) is 31.2 Å². The highest BCUT2D eigenvalue weighted by atomic mass is 16.3. The third-order valence-electron chi connectivity index (χ3n) is 4.45. The topological polar surface area (TPSA) is 60.8 Å². The lowest BCUT2D eigenvalue weighted by Gasteiger charge is -2.30. The predicted molar refractivity (Wildman–Crippen MR) is 81.9 cm³/mol. The van der Waals surface area contributed by atoms with Crippen molar-refractivity contribution < 1.29 is 15.0 Å². The van der Waals surface area contributed by atoms with E-state index in [1.807, 2.05) is 12.1 Å². The van der Waals surface area contributed by atoms with Crippen LogP contribution in [0.4, 0.5) is 0 Å². The third-order valence-corrected chi connectivity index (χ3v) is 4.45. The maximum absolute atomic E-state index is 12.5. The zero-order chi connectivity index (χ0) is 15.6. The molecule has 21 heavy (non-hydrogen) atoms. The number of carbonyl (C=O) groups is 1. The van der Waals surface area contributed by atoms with Gasteiger partial charge in [0, 0.05) is 24.9 Å². The molecule has 0 heterocycles. The predicted octanol–water partition coefficient (Wildman–Crippen LogP) is 1.55. The Morgan fingerprint density at radius 2 is 1.95 bits per heavy atom. The molecule has 0 aliphatic heterocycles. The highest BCUT2D eigenvalue weighted by molar-refractivity contribution is 5.83. The van der Waals surface area contributed by atoms with E-state index in [4.69, 9.17) is 0 Å². The molecule has 1 aliphatic carbocycles. The van der Waals surface area contributed by atoms with Gasteiger partial charge in [0.25, 0.3) is 0 Å². The van der Waals surface area contributed by atoms with Gasteiger partial charge in [-0.25, -0.2) is 0 Å². The van der Waals surface area contributed by atoms with Crippen molar-refractivity contribution >= 4 is 5.91 Å². The van der Waals surface area contributed by atoms with Crippen molar-refractivity contribution in [1.82, 2.24) is 4.90 Å². The average Bonchev–Trinajstić information content (AvgIpc) is 3.27. The van der Waals surface area contributed by atoms with Crippen LogP contribution < -0.4 is 0 Å². The Morgan fingerprint density at radius 1 is 1.33 bits per heavy atom. The van der Waals surface area contributed by atoms with Crippen LogP contribution in [-0.4, -0.2) is 47.8 Å². The summed E-state index contributed by atoms with van der Waals surface area (Å²) < 4.78 is 0. The van der Waals surface area contributed by atoms with Crippen molar-refractivity contribution in [1.29, 1.82) is 0 Å². The standard InChI is InChI=1S/C17H25NO3/c1-12-6-4-5-7-13(12)14-8-15(14)16(21)18(3)9-17(2,10-19)11-20/h4-7,14-15,19-20H,8-11H2,1-3H3. The van der Waals surface area contributed by atoms with Crippen LogP contribution in [0.3, 0.4) is 0 Å². The monoisotopic (exact) mass is 291 g/mol. The summed E-state index contributed by atoms with van der Waals surface area (Å²) in [4.78, 5) is 14.1. The summed E-state index contributed by atoms with van der Waals surface area (Å²) in [6, 6.07) is 8.20. The van der Waals surface area contributed by atoms with Crippen molar-refractivity contribution in [3.05, 3.63) is 35.4 Å². The minimum Gasteiger partial charge on any atom is -0.396 e. The number of benzene rings is 1. The van der Waals surface area contributed by atoms with Gasteiger partial charge >= 0.3 is 0 Å². The highest BCUT2D eigenvalue weighted by Crippen LogP contribution is 2.49. The molecule has 0 radical (unpaired) electrons. The first-order chi connectivity index (χ1) is 9.91. The van der Waals surface area contributed by atoms with Crippen LogP contribution in [0.25, 0.3) is 0 Å². The molecule has 4 nitrogen and oxygen atoms in total. The molecule has 0 bridgehead atoms. The first kappa shape index (κ1) is 16.0. The summed E-state index contributed by atoms with van der Waals surface area (Å²) in [7, 11) is 1.75. The molecule has 0 saturated heterocycles. The molecule has 116 valence electrons. The lowest BCUT2D eigenvalue weighted by molar-refractivity contribution is -0.133. The van der Waals surface area contributed by atoms with Gasteiger partial charge in [0.1, 0.15) is 0 Å². The molecule has 1 fully saturated rings. The van der Waals surface area contributed by atoms with E-state index in [0.717, 1.165) is 6.42 Å². The lowest BCUT2D eigenvalue weighted by atomic mass is 9.92. The second-order valence-corrected chi connectivity index (χ2v) is 6.63. The first-order valence-electron chi connectivity index (χ1n) is 7.44. The molecule has 0 spiro atoms. The van der Waals surface area contributed by atoms with Gasteiger partial charge in [0.05, 0.1) is 13.2 Å². The second kappa shape index (κ2) is 6.16. The summed E-state index contributed by atoms with van der Waals surface area (Å²) in [6.45, 7) is 3.96. The lowest BCUT2D eigenvalue weighted by Crippen LogP contribution is -2.42. The van der Waals surface area contributed by atoms with E-state index in [2.05, 4.69) is 19.1 Å². The molecule has 1 aliphatic rings. The van der Waals surface area contributed by atoms with Gasteiger partial charge in [-0.05, 0) is 30.4 Å². The van der Waals surface area contributed by atoms with E-state index < -0.39 is 5.41 Å². The number of carbonyl (C=O) groups excluding carboxylic acids is 1. The number of nitrogens with zero attached hydrogens (tertiary/aromatic N) is 1. The van der Waals surface area contributed by atoms with E-state index in [-0.39, 0.29) is 25.0 Å². The maximum Gasteiger partial charge on any atom is 0.226 e. The normalized spacial score (nSPS) is 21.2. The van der Waals surface area contributed by atoms with Crippen LogP contribution in [0.1, 0.15) is 30.4 Å². The molecule has 4 heteroatoms. The van der Waals surface area contributed by atoms with Crippen molar-refractivity contribution in [2.75, 3.05) is 26.8 Å². The SMILES string of the molecule is Cc1ccccc1C1CC1C(=O)N(C)CC(C)(CO)CO. The number of hydrogen-bond donors (Lipinski definition) is 2. The number of hydrogen-bond acceptors (Lipinski definition) is 3. The Bertz CT molecular complexity index is 511. The van der Waals surface area contributed by atoms with Crippen LogP contribution in [-0.2, 0) is 4.79 Å². The van der Waals surface area contributed by atoms with Crippen LogP contribution in [0, 0.1) is 18.3 Å². The molecule has 2 rings (SSSR count). The highest BCUT2D eigenvalue weighted by Gasteiger charge is 2.46. The molecular formula is C17H25NO3. The fourth-order valence-corrected chi connectivity index (χ4v) is 2.90. The summed E-state index contributed by atoms with van der Waals surface area (Å²) in [5.41, 5.74) is 1.85. The summed E-state index contributed by atoms with van der Waals surface area (Å²) in [5, 5.41) is 18.7. The molecular weight excluding hydrogens is 266 g/mol. The van der Waals surface area contributed by atoms with Crippen molar-refractivity contribution in [3.63, 3.8) is 0 Å². The molecule has 2 atom stereocenters. The number of aryl methyl sites for hydroxylation is 1. The van der Waals surface area contributed by atoms with E-state index in [1.165, 1.54) is 11.1 Å². The Kier molecular flexibility index (Phi) is 4.69. The molecule has 1 amide bonds. The fourth-order valence-electron chi connectivity index (χ4n) is 2.90. The minimum atomic E-state index is -0.641. The van der Waals surface area contributed by atoms with Gasteiger partial charge in [0.15, 0.2) is 0 Å². The van der Waals surface area contributed by atoms with Crippen LogP contribution in [0.15, 0.2) is 24.3 Å². The molecule has 1 saturated carbocycles. The smallest absolute Gasteiger partial charge is 0.226 e. The third kappa shape index (κ3) is 3.44. The zero-order valence-corrected chi connectivity index (χ0v) is 13.0. The second-order valence-electron chi connectivity index (χ2n) is 6.63. The quantitative estimate of drug-likeness (QED) is 0.836. The molecule has 2 unspecified atom stereocenters. The fraction of sp³-hybridized carbons (Fsp3) is 0.588. The summed E-state index contributed by atoms with van der Waals surface area (Å²) >= 11 is 0. The number of aliphatic hydroxyl groups is 2. The van der Waals surface area contributed by atoms with Crippen LogP contribution in [0.2, 0.25) is 0 Å². The van der Waals surface area contributed by atoms with Crippen molar-refractivity contribution in [2.45, 2.75) is 26.2 Å². The maximum atomic E-state index is 12.5. The Morgan fingerprint density at radius 3 is 2.52 bits per heavy atom. The molecule has 2 N–H and O–H groups in total. The molecule has 1 aromatic carbocycles. The summed E-state index contributed by atoms with van der Waals surface area (Å²) in [6.07, 6.45) is 0.892. The summed E-state index contributed by atoms with van der Waals surface area (Å²) in [5.74, 6) is 0.463. The van der Waals surface area contributed by atoms with Gasteiger partial charge in [-0.2, -0.15) is 0 Å². The van der Waals surface area contributed by atoms with Crippen LogP contribution in [0.5, 0.6) is 0 Å². The van der Waals surface area contributed by atoms with Crippen molar-refractivity contribution in [2.24, 2.45) is 11.3 Å². The Labute approximate surface area is 126 Å². The van der Waals surface area contributed by atoms with Gasteiger partial charge in [-0.3, -0.25) is 4.79 Å². The Hall–Kier alpha value is -1.39. The minimum absolute atomic E-state index is 0.0396. The number of rotatable bonds is 6. The number of amides is 1.